The number of methoxy groups -OCH3 is 1. The number of carbonyl (C=O) groups excluding carboxylic acids is 1. The Bertz CT molecular complexity index is 770. The molecular formula is C20H30N2O4S. The van der Waals surface area contributed by atoms with E-state index in [4.69, 9.17) is 4.74 Å². The van der Waals surface area contributed by atoms with Crippen molar-refractivity contribution in [2.45, 2.75) is 50.3 Å². The summed E-state index contributed by atoms with van der Waals surface area (Å²) in [5.74, 6) is 0.637. The van der Waals surface area contributed by atoms with Gasteiger partial charge in [-0.25, -0.2) is 8.42 Å². The third-order valence-electron chi connectivity index (χ3n) is 5.55. The van der Waals surface area contributed by atoms with Gasteiger partial charge in [0.05, 0.1) is 17.6 Å². The quantitative estimate of drug-likeness (QED) is 0.787. The SMILES string of the molecule is COc1ccc(S(=O)(=O)N2CCC[C@H](C)C2)cc1C(=O)N1CCCCCC1. The van der Waals surface area contributed by atoms with Crippen LogP contribution in [0.4, 0.5) is 0 Å². The van der Waals surface area contributed by atoms with Crippen LogP contribution in [0, 0.1) is 5.92 Å². The minimum atomic E-state index is -3.61. The Balaban J connectivity index is 1.91. The summed E-state index contributed by atoms with van der Waals surface area (Å²) in [6.07, 6.45) is 6.14. The second-order valence-corrected chi connectivity index (χ2v) is 9.62. The van der Waals surface area contributed by atoms with E-state index in [1.54, 1.807) is 16.4 Å². The maximum absolute atomic E-state index is 13.1. The zero-order valence-electron chi connectivity index (χ0n) is 16.3. The van der Waals surface area contributed by atoms with Crippen molar-refractivity contribution < 1.29 is 17.9 Å². The zero-order chi connectivity index (χ0) is 19.4. The monoisotopic (exact) mass is 394 g/mol. The number of amides is 1. The van der Waals surface area contributed by atoms with E-state index >= 15 is 0 Å². The smallest absolute Gasteiger partial charge is 0.257 e. The van der Waals surface area contributed by atoms with Crippen LogP contribution < -0.4 is 4.74 Å². The van der Waals surface area contributed by atoms with E-state index in [9.17, 15) is 13.2 Å². The molecule has 27 heavy (non-hydrogen) atoms. The van der Waals surface area contributed by atoms with Crippen LogP contribution in [0.25, 0.3) is 0 Å². The summed E-state index contributed by atoms with van der Waals surface area (Å²) in [6.45, 7) is 4.56. The van der Waals surface area contributed by atoms with Crippen molar-refractivity contribution in [3.8, 4) is 5.75 Å². The highest BCUT2D eigenvalue weighted by Gasteiger charge is 2.30. The van der Waals surface area contributed by atoms with Gasteiger partial charge < -0.3 is 9.64 Å². The van der Waals surface area contributed by atoms with E-state index in [1.165, 1.54) is 13.2 Å². The van der Waals surface area contributed by atoms with Gasteiger partial charge in [0.25, 0.3) is 5.91 Å². The number of carbonyl (C=O) groups is 1. The van der Waals surface area contributed by atoms with E-state index in [-0.39, 0.29) is 10.8 Å². The van der Waals surface area contributed by atoms with Gasteiger partial charge in [0.2, 0.25) is 10.0 Å². The maximum Gasteiger partial charge on any atom is 0.257 e. The molecule has 7 heteroatoms. The fourth-order valence-electron chi connectivity index (χ4n) is 3.97. The molecule has 1 atom stereocenters. The number of likely N-dealkylation sites (tertiary alicyclic amines) is 1. The van der Waals surface area contributed by atoms with Crippen molar-refractivity contribution in [1.29, 1.82) is 0 Å². The summed E-state index contributed by atoms with van der Waals surface area (Å²) >= 11 is 0. The lowest BCUT2D eigenvalue weighted by Gasteiger charge is -2.30. The van der Waals surface area contributed by atoms with Crippen molar-refractivity contribution in [2.24, 2.45) is 5.92 Å². The number of nitrogens with zero attached hydrogens (tertiary/aromatic N) is 2. The molecule has 2 fully saturated rings. The second-order valence-electron chi connectivity index (χ2n) is 7.68. The molecule has 0 bridgehead atoms. The van der Waals surface area contributed by atoms with Crippen LogP contribution in [0.3, 0.4) is 0 Å². The topological polar surface area (TPSA) is 66.9 Å². The predicted molar refractivity (Wildman–Crippen MR) is 105 cm³/mol. The van der Waals surface area contributed by atoms with E-state index in [0.29, 0.717) is 43.4 Å². The highest BCUT2D eigenvalue weighted by molar-refractivity contribution is 7.89. The molecule has 0 N–H and O–H groups in total. The van der Waals surface area contributed by atoms with Gasteiger partial charge in [-0.05, 0) is 49.8 Å². The molecule has 3 rings (SSSR count). The van der Waals surface area contributed by atoms with Crippen molar-refractivity contribution >= 4 is 15.9 Å². The Hall–Kier alpha value is -1.60. The van der Waals surface area contributed by atoms with Gasteiger partial charge in [0.1, 0.15) is 5.75 Å². The third-order valence-corrected chi connectivity index (χ3v) is 7.41. The molecule has 1 amide bonds. The molecular weight excluding hydrogens is 364 g/mol. The van der Waals surface area contributed by atoms with Crippen molar-refractivity contribution in [3.63, 3.8) is 0 Å². The van der Waals surface area contributed by atoms with Crippen LogP contribution in [-0.4, -0.2) is 56.8 Å². The first-order valence-electron chi connectivity index (χ1n) is 9.91. The van der Waals surface area contributed by atoms with Gasteiger partial charge >= 0.3 is 0 Å². The van der Waals surface area contributed by atoms with Crippen LogP contribution >= 0.6 is 0 Å². The van der Waals surface area contributed by atoms with E-state index in [0.717, 1.165) is 38.5 Å². The third kappa shape index (κ3) is 4.46. The predicted octanol–water partition coefficient (Wildman–Crippen LogP) is 3.13. The van der Waals surface area contributed by atoms with Crippen molar-refractivity contribution in [2.75, 3.05) is 33.3 Å². The molecule has 0 aromatic heterocycles. The first kappa shape index (κ1) is 20.1. The van der Waals surface area contributed by atoms with Gasteiger partial charge in [0, 0.05) is 26.2 Å². The van der Waals surface area contributed by atoms with Gasteiger partial charge in [-0.3, -0.25) is 4.79 Å². The molecule has 1 aromatic rings. The first-order chi connectivity index (χ1) is 12.9. The molecule has 2 aliphatic rings. The molecule has 150 valence electrons. The minimum Gasteiger partial charge on any atom is -0.496 e. The van der Waals surface area contributed by atoms with Gasteiger partial charge in [-0.15, -0.1) is 0 Å². The fraction of sp³-hybridized carbons (Fsp3) is 0.650. The average Bonchev–Trinajstić information content (AvgIpc) is 2.96. The zero-order valence-corrected chi connectivity index (χ0v) is 17.1. The Kier molecular flexibility index (Phi) is 6.42. The van der Waals surface area contributed by atoms with Crippen molar-refractivity contribution in [1.82, 2.24) is 9.21 Å². The van der Waals surface area contributed by atoms with Crippen LogP contribution in [-0.2, 0) is 10.0 Å². The summed E-state index contributed by atoms with van der Waals surface area (Å²) in [7, 11) is -2.10. The molecule has 2 heterocycles. The van der Waals surface area contributed by atoms with Crippen molar-refractivity contribution in [3.05, 3.63) is 23.8 Å². The molecule has 2 aliphatic heterocycles. The minimum absolute atomic E-state index is 0.141. The van der Waals surface area contributed by atoms with Crippen LogP contribution in [0.1, 0.15) is 55.8 Å². The molecule has 1 aromatic carbocycles. The number of hydrogen-bond donors (Lipinski definition) is 0. The molecule has 0 spiro atoms. The van der Waals surface area contributed by atoms with E-state index < -0.39 is 10.0 Å². The first-order valence-corrected chi connectivity index (χ1v) is 11.3. The number of sulfonamides is 1. The molecule has 0 radical (unpaired) electrons. The number of rotatable bonds is 4. The number of benzene rings is 1. The summed E-state index contributed by atoms with van der Waals surface area (Å²) in [5.41, 5.74) is 0.338. The Morgan fingerprint density at radius 2 is 1.78 bits per heavy atom. The fourth-order valence-corrected chi connectivity index (χ4v) is 5.60. The largest absolute Gasteiger partial charge is 0.496 e. The van der Waals surface area contributed by atoms with Crippen LogP contribution in [0.2, 0.25) is 0 Å². The number of ether oxygens (including phenoxy) is 1. The number of piperidine rings is 1. The Morgan fingerprint density at radius 3 is 2.41 bits per heavy atom. The highest BCUT2D eigenvalue weighted by Crippen LogP contribution is 2.29. The lowest BCUT2D eigenvalue weighted by Crippen LogP contribution is -2.39. The average molecular weight is 395 g/mol. The lowest BCUT2D eigenvalue weighted by atomic mass is 10.0. The van der Waals surface area contributed by atoms with Gasteiger partial charge in [0.15, 0.2) is 0 Å². The maximum atomic E-state index is 13.1. The van der Waals surface area contributed by atoms with E-state index in [2.05, 4.69) is 6.92 Å². The molecule has 0 unspecified atom stereocenters. The number of hydrogen-bond acceptors (Lipinski definition) is 4. The van der Waals surface area contributed by atoms with Crippen LogP contribution in [0.15, 0.2) is 23.1 Å². The second kappa shape index (κ2) is 8.61. The summed E-state index contributed by atoms with van der Waals surface area (Å²) < 4.78 is 33.1. The standard InChI is InChI=1S/C20H30N2O4S/c1-16-8-7-13-22(15-16)27(24,25)17-9-10-19(26-2)18(14-17)20(23)21-11-5-3-4-6-12-21/h9-10,14,16H,3-8,11-13,15H2,1-2H3/t16-/m0/s1. The molecule has 6 nitrogen and oxygen atoms in total. The summed E-state index contributed by atoms with van der Waals surface area (Å²) in [4.78, 5) is 15.1. The highest BCUT2D eigenvalue weighted by atomic mass is 32.2. The molecule has 0 aliphatic carbocycles. The Morgan fingerprint density at radius 1 is 1.07 bits per heavy atom. The normalized spacial score (nSPS) is 22.3. The van der Waals surface area contributed by atoms with Gasteiger partial charge in [-0.2, -0.15) is 4.31 Å². The van der Waals surface area contributed by atoms with E-state index in [1.807, 2.05) is 4.90 Å². The molecule has 2 saturated heterocycles. The van der Waals surface area contributed by atoms with Crippen LogP contribution in [0.5, 0.6) is 5.75 Å². The summed E-state index contributed by atoms with van der Waals surface area (Å²) in [6, 6.07) is 4.65. The summed E-state index contributed by atoms with van der Waals surface area (Å²) in [5, 5.41) is 0. The van der Waals surface area contributed by atoms with Gasteiger partial charge in [-0.1, -0.05) is 19.8 Å². The Labute approximate surface area is 162 Å². The molecule has 0 saturated carbocycles. The lowest BCUT2D eigenvalue weighted by molar-refractivity contribution is 0.0758.